The quantitative estimate of drug-likeness (QED) is 0.562. The molecule has 0 radical (unpaired) electrons. The molecule has 0 bridgehead atoms. The van der Waals surface area contributed by atoms with Crippen LogP contribution >= 0.6 is 0 Å². The number of hydrogen-bond donors (Lipinski definition) is 0. The summed E-state index contributed by atoms with van der Waals surface area (Å²) in [6.07, 6.45) is 4.66. The van der Waals surface area contributed by atoms with Crippen molar-refractivity contribution in [3.05, 3.63) is 0 Å². The van der Waals surface area contributed by atoms with Gasteiger partial charge in [-0.05, 0) is 25.7 Å². The maximum absolute atomic E-state index is 13.7. The van der Waals surface area contributed by atoms with Gasteiger partial charge in [-0.25, -0.2) is 4.39 Å². The first-order chi connectivity index (χ1) is 5.52. The van der Waals surface area contributed by atoms with E-state index in [1.807, 2.05) is 0 Å². The molecular formula is C11H23F. The van der Waals surface area contributed by atoms with Crippen LogP contribution in [0.5, 0.6) is 0 Å². The Morgan fingerprint density at radius 2 is 1.92 bits per heavy atom. The first-order valence-electron chi connectivity index (χ1n) is 5.20. The first kappa shape index (κ1) is 11.9. The Bertz CT molecular complexity index is 108. The predicted molar refractivity (Wildman–Crippen MR) is 53.1 cm³/mol. The van der Waals surface area contributed by atoms with Gasteiger partial charge in [0, 0.05) is 0 Å². The highest BCUT2D eigenvalue weighted by molar-refractivity contribution is 4.75. The van der Waals surface area contributed by atoms with Crippen molar-refractivity contribution in [2.24, 2.45) is 5.92 Å². The van der Waals surface area contributed by atoms with Crippen molar-refractivity contribution in [3.63, 3.8) is 0 Å². The summed E-state index contributed by atoms with van der Waals surface area (Å²) in [5.74, 6) is 0.525. The van der Waals surface area contributed by atoms with Gasteiger partial charge in [0.15, 0.2) is 0 Å². The summed E-state index contributed by atoms with van der Waals surface area (Å²) in [7, 11) is 0. The lowest BCUT2D eigenvalue weighted by Gasteiger charge is -2.23. The molecule has 2 unspecified atom stereocenters. The lowest BCUT2D eigenvalue weighted by atomic mass is 9.89. The molecule has 12 heavy (non-hydrogen) atoms. The molecule has 0 N–H and O–H groups in total. The summed E-state index contributed by atoms with van der Waals surface area (Å²) < 4.78 is 13.7. The lowest BCUT2D eigenvalue weighted by molar-refractivity contribution is 0.133. The molecule has 0 aliphatic rings. The van der Waals surface area contributed by atoms with Crippen molar-refractivity contribution < 1.29 is 4.39 Å². The summed E-state index contributed by atoms with van der Waals surface area (Å²) in [4.78, 5) is 0. The molecule has 0 aromatic heterocycles. The Labute approximate surface area is 76.6 Å². The van der Waals surface area contributed by atoms with Crippen molar-refractivity contribution in [1.29, 1.82) is 0 Å². The van der Waals surface area contributed by atoms with Crippen LogP contribution in [0, 0.1) is 5.92 Å². The summed E-state index contributed by atoms with van der Waals surface area (Å²) in [5.41, 5.74) is -0.925. The number of alkyl halides is 1. The molecular weight excluding hydrogens is 151 g/mol. The maximum Gasteiger partial charge on any atom is 0.108 e. The minimum atomic E-state index is -0.925. The van der Waals surface area contributed by atoms with Crippen LogP contribution < -0.4 is 0 Å². The van der Waals surface area contributed by atoms with E-state index in [2.05, 4.69) is 20.8 Å². The van der Waals surface area contributed by atoms with Crippen LogP contribution in [0.4, 0.5) is 4.39 Å². The Balaban J connectivity index is 3.69. The number of rotatable bonds is 6. The molecule has 2 atom stereocenters. The standard InChI is InChI=1S/C11H23F/c1-5-7-8-11(4,12)9-10(3)6-2/h10H,5-9H2,1-4H3. The minimum absolute atomic E-state index is 0.525. The molecule has 0 heterocycles. The Kier molecular flexibility index (Phi) is 5.52. The largest absolute Gasteiger partial charge is 0.244 e. The van der Waals surface area contributed by atoms with E-state index < -0.39 is 5.67 Å². The molecule has 1 heteroatoms. The average molecular weight is 174 g/mol. The zero-order valence-corrected chi connectivity index (χ0v) is 8.99. The fourth-order valence-corrected chi connectivity index (χ4v) is 1.52. The van der Waals surface area contributed by atoms with Crippen LogP contribution in [0.2, 0.25) is 0 Å². The van der Waals surface area contributed by atoms with Gasteiger partial charge in [0.1, 0.15) is 5.67 Å². The van der Waals surface area contributed by atoms with E-state index in [1.165, 1.54) is 0 Å². The molecule has 0 nitrogen and oxygen atoms in total. The minimum Gasteiger partial charge on any atom is -0.244 e. The van der Waals surface area contributed by atoms with Crippen LogP contribution in [-0.4, -0.2) is 5.67 Å². The highest BCUT2D eigenvalue weighted by Gasteiger charge is 2.24. The molecule has 0 saturated heterocycles. The molecule has 0 aliphatic heterocycles. The molecule has 0 fully saturated rings. The Morgan fingerprint density at radius 1 is 1.33 bits per heavy atom. The Morgan fingerprint density at radius 3 is 2.33 bits per heavy atom. The fraction of sp³-hybridized carbons (Fsp3) is 1.00. The SMILES string of the molecule is CCCCC(C)(F)CC(C)CC. The van der Waals surface area contributed by atoms with E-state index in [0.717, 1.165) is 32.1 Å². The third-order valence-corrected chi connectivity index (χ3v) is 2.52. The predicted octanol–water partition coefficient (Wildman–Crippen LogP) is 4.34. The Hall–Kier alpha value is -0.0700. The van der Waals surface area contributed by atoms with Gasteiger partial charge < -0.3 is 0 Å². The molecule has 0 amide bonds. The highest BCUT2D eigenvalue weighted by atomic mass is 19.1. The highest BCUT2D eigenvalue weighted by Crippen LogP contribution is 2.27. The topological polar surface area (TPSA) is 0 Å². The zero-order chi connectivity index (χ0) is 9.61. The third-order valence-electron chi connectivity index (χ3n) is 2.52. The smallest absolute Gasteiger partial charge is 0.108 e. The molecule has 0 saturated carbocycles. The second-order valence-corrected chi connectivity index (χ2v) is 4.23. The summed E-state index contributed by atoms with van der Waals surface area (Å²) >= 11 is 0. The van der Waals surface area contributed by atoms with Gasteiger partial charge >= 0.3 is 0 Å². The summed E-state index contributed by atoms with van der Waals surface area (Å²) in [5, 5.41) is 0. The van der Waals surface area contributed by atoms with Crippen LogP contribution in [0.15, 0.2) is 0 Å². The van der Waals surface area contributed by atoms with Crippen molar-refractivity contribution in [3.8, 4) is 0 Å². The molecule has 0 aromatic carbocycles. The first-order valence-corrected chi connectivity index (χ1v) is 5.20. The number of hydrogen-bond acceptors (Lipinski definition) is 0. The van der Waals surface area contributed by atoms with E-state index >= 15 is 0 Å². The maximum atomic E-state index is 13.7. The van der Waals surface area contributed by atoms with Crippen molar-refractivity contribution >= 4 is 0 Å². The molecule has 0 spiro atoms. The van der Waals surface area contributed by atoms with E-state index in [4.69, 9.17) is 0 Å². The van der Waals surface area contributed by atoms with Gasteiger partial charge in [-0.3, -0.25) is 0 Å². The fourth-order valence-electron chi connectivity index (χ4n) is 1.52. The zero-order valence-electron chi connectivity index (χ0n) is 8.99. The van der Waals surface area contributed by atoms with Crippen LogP contribution in [0.1, 0.15) is 59.8 Å². The van der Waals surface area contributed by atoms with Gasteiger partial charge in [0.25, 0.3) is 0 Å². The normalized spacial score (nSPS) is 18.8. The van der Waals surface area contributed by atoms with E-state index in [-0.39, 0.29) is 0 Å². The van der Waals surface area contributed by atoms with Gasteiger partial charge in [-0.2, -0.15) is 0 Å². The van der Waals surface area contributed by atoms with Crippen molar-refractivity contribution in [2.45, 2.75) is 65.5 Å². The molecule has 0 aromatic rings. The van der Waals surface area contributed by atoms with Gasteiger partial charge in [-0.1, -0.05) is 40.0 Å². The van der Waals surface area contributed by atoms with E-state index in [1.54, 1.807) is 6.92 Å². The summed E-state index contributed by atoms with van der Waals surface area (Å²) in [6, 6.07) is 0. The third kappa shape index (κ3) is 5.56. The second-order valence-electron chi connectivity index (χ2n) is 4.23. The van der Waals surface area contributed by atoms with Crippen molar-refractivity contribution in [1.82, 2.24) is 0 Å². The van der Waals surface area contributed by atoms with Crippen molar-refractivity contribution in [2.75, 3.05) is 0 Å². The lowest BCUT2D eigenvalue weighted by Crippen LogP contribution is -2.21. The summed E-state index contributed by atoms with van der Waals surface area (Å²) in [6.45, 7) is 8.11. The van der Waals surface area contributed by atoms with Crippen LogP contribution in [0.25, 0.3) is 0 Å². The van der Waals surface area contributed by atoms with Crippen LogP contribution in [0.3, 0.4) is 0 Å². The second kappa shape index (κ2) is 5.55. The number of unbranched alkanes of at least 4 members (excludes halogenated alkanes) is 1. The average Bonchev–Trinajstić information content (AvgIpc) is 2.00. The molecule has 0 aliphatic carbocycles. The van der Waals surface area contributed by atoms with Gasteiger partial charge in [-0.15, -0.1) is 0 Å². The van der Waals surface area contributed by atoms with Crippen LogP contribution in [-0.2, 0) is 0 Å². The molecule has 0 rings (SSSR count). The van der Waals surface area contributed by atoms with E-state index in [9.17, 15) is 4.39 Å². The van der Waals surface area contributed by atoms with Gasteiger partial charge in [0.05, 0.1) is 0 Å². The van der Waals surface area contributed by atoms with E-state index in [0.29, 0.717) is 5.92 Å². The number of halogens is 1. The molecule has 74 valence electrons. The monoisotopic (exact) mass is 174 g/mol. The van der Waals surface area contributed by atoms with Gasteiger partial charge in [0.2, 0.25) is 0 Å².